The van der Waals surface area contributed by atoms with E-state index in [1.807, 2.05) is 0 Å². The van der Waals surface area contributed by atoms with Crippen LogP contribution in [-0.2, 0) is 4.79 Å². The summed E-state index contributed by atoms with van der Waals surface area (Å²) < 4.78 is 26.7. The van der Waals surface area contributed by atoms with Crippen molar-refractivity contribution in [3.8, 4) is 0 Å². The van der Waals surface area contributed by atoms with E-state index < -0.39 is 11.6 Å². The topological polar surface area (TPSA) is 20.3 Å². The molecule has 1 atom stereocenters. The van der Waals surface area contributed by atoms with Gasteiger partial charge < -0.3 is 4.90 Å². The molecule has 17 heavy (non-hydrogen) atoms. The number of hydrogen-bond acceptors (Lipinski definition) is 2. The fourth-order valence-corrected chi connectivity index (χ4v) is 2.44. The predicted molar refractivity (Wildman–Crippen MR) is 68.4 cm³/mol. The predicted octanol–water partition coefficient (Wildman–Crippen LogP) is 3.01. The third kappa shape index (κ3) is 2.33. The van der Waals surface area contributed by atoms with Crippen LogP contribution >= 0.6 is 28.6 Å². The van der Waals surface area contributed by atoms with Crippen LogP contribution in [0.2, 0.25) is 0 Å². The first-order valence-corrected chi connectivity index (χ1v) is 6.52. The van der Waals surface area contributed by atoms with Gasteiger partial charge in [0.15, 0.2) is 5.82 Å². The Kier molecular flexibility index (Phi) is 3.73. The lowest BCUT2D eigenvalue weighted by atomic mass is 10.1. The highest BCUT2D eigenvalue weighted by molar-refractivity contribution is 9.10. The van der Waals surface area contributed by atoms with Crippen LogP contribution in [0.15, 0.2) is 16.6 Å². The first-order valence-electron chi connectivity index (χ1n) is 5.09. The summed E-state index contributed by atoms with van der Waals surface area (Å²) in [5, 5.41) is 0. The van der Waals surface area contributed by atoms with E-state index in [1.54, 1.807) is 0 Å². The number of thiol groups is 1. The van der Waals surface area contributed by atoms with Crippen molar-refractivity contribution in [1.29, 1.82) is 0 Å². The van der Waals surface area contributed by atoms with Crippen molar-refractivity contribution < 1.29 is 13.6 Å². The second-order valence-electron chi connectivity index (χ2n) is 3.95. The molecule has 0 saturated carbocycles. The summed E-state index contributed by atoms with van der Waals surface area (Å²) in [4.78, 5) is 13.1. The Hall–Kier alpha value is -0.620. The van der Waals surface area contributed by atoms with Gasteiger partial charge in [-0.15, -0.1) is 0 Å². The van der Waals surface area contributed by atoms with Gasteiger partial charge in [-0.3, -0.25) is 4.79 Å². The van der Waals surface area contributed by atoms with Gasteiger partial charge >= 0.3 is 0 Å². The highest BCUT2D eigenvalue weighted by Gasteiger charge is 2.32. The molecule has 1 unspecified atom stereocenters. The number of anilines is 1. The first kappa shape index (κ1) is 12.8. The monoisotopic (exact) mass is 321 g/mol. The summed E-state index contributed by atoms with van der Waals surface area (Å²) in [6.07, 6.45) is 0.359. The van der Waals surface area contributed by atoms with Crippen molar-refractivity contribution in [2.75, 3.05) is 17.2 Å². The minimum absolute atomic E-state index is 0.118. The highest BCUT2D eigenvalue weighted by Crippen LogP contribution is 2.32. The first-order chi connectivity index (χ1) is 8.04. The van der Waals surface area contributed by atoms with Crippen LogP contribution in [0.3, 0.4) is 0 Å². The summed E-state index contributed by atoms with van der Waals surface area (Å²) in [6, 6.07) is 2.43. The van der Waals surface area contributed by atoms with E-state index in [0.717, 1.165) is 6.07 Å². The minimum atomic E-state index is -0.738. The van der Waals surface area contributed by atoms with Crippen LogP contribution in [0.5, 0.6) is 0 Å². The minimum Gasteiger partial charge on any atom is -0.309 e. The fraction of sp³-hybridized carbons (Fsp3) is 0.364. The van der Waals surface area contributed by atoms with Gasteiger partial charge in [-0.1, -0.05) is 0 Å². The number of halogens is 3. The van der Waals surface area contributed by atoms with Crippen molar-refractivity contribution in [2.45, 2.75) is 6.42 Å². The lowest BCUT2D eigenvalue weighted by molar-refractivity contribution is -0.117. The average Bonchev–Trinajstić information content (AvgIpc) is 2.68. The van der Waals surface area contributed by atoms with Gasteiger partial charge in [-0.25, -0.2) is 8.78 Å². The molecule has 1 fully saturated rings. The summed E-state index contributed by atoms with van der Waals surface area (Å²) in [6.45, 7) is 0.428. The molecule has 1 heterocycles. The van der Waals surface area contributed by atoms with Crippen LogP contribution in [-0.4, -0.2) is 18.2 Å². The van der Waals surface area contributed by atoms with Crippen molar-refractivity contribution in [1.82, 2.24) is 0 Å². The normalized spacial score (nSPS) is 20.1. The van der Waals surface area contributed by atoms with Crippen LogP contribution in [0.1, 0.15) is 6.42 Å². The Morgan fingerprint density at radius 3 is 2.76 bits per heavy atom. The van der Waals surface area contributed by atoms with Gasteiger partial charge in [-0.2, -0.15) is 12.6 Å². The molecular weight excluding hydrogens is 312 g/mol. The molecule has 0 N–H and O–H groups in total. The Morgan fingerprint density at radius 1 is 1.47 bits per heavy atom. The van der Waals surface area contributed by atoms with E-state index in [9.17, 15) is 13.6 Å². The molecule has 0 spiro atoms. The van der Waals surface area contributed by atoms with Gasteiger partial charge in [0, 0.05) is 13.0 Å². The van der Waals surface area contributed by atoms with E-state index in [2.05, 4.69) is 28.6 Å². The molecule has 0 radical (unpaired) electrons. The number of carbonyl (C=O) groups is 1. The van der Waals surface area contributed by atoms with Gasteiger partial charge in [0.2, 0.25) is 5.91 Å². The quantitative estimate of drug-likeness (QED) is 0.656. The van der Waals surface area contributed by atoms with Gasteiger partial charge in [-0.05, 0) is 39.7 Å². The Labute approximate surface area is 112 Å². The summed E-state index contributed by atoms with van der Waals surface area (Å²) in [5.41, 5.74) is 0.118. The third-order valence-electron chi connectivity index (χ3n) is 2.77. The van der Waals surface area contributed by atoms with Crippen LogP contribution in [0.4, 0.5) is 14.5 Å². The number of hydrogen-bond donors (Lipinski definition) is 1. The molecule has 1 aliphatic rings. The maximum Gasteiger partial charge on any atom is 0.227 e. The standard InChI is InChI=1S/C11H10BrF2NOS/c12-10-7(13)1-2-8(11(10)14)15-4-6(5-17)3-9(15)16/h1-2,6,17H,3-5H2. The van der Waals surface area contributed by atoms with Crippen molar-refractivity contribution in [3.63, 3.8) is 0 Å². The molecule has 92 valence electrons. The maximum atomic E-state index is 13.8. The number of nitrogens with zero attached hydrogens (tertiary/aromatic N) is 1. The van der Waals surface area contributed by atoms with Crippen LogP contribution in [0.25, 0.3) is 0 Å². The van der Waals surface area contributed by atoms with Crippen LogP contribution in [0, 0.1) is 17.6 Å². The van der Waals surface area contributed by atoms with E-state index in [-0.39, 0.29) is 22.0 Å². The Bertz CT molecular complexity index is 469. The molecule has 1 aromatic carbocycles. The lowest BCUT2D eigenvalue weighted by Gasteiger charge is -2.18. The average molecular weight is 322 g/mol. The van der Waals surface area contributed by atoms with Crippen molar-refractivity contribution in [3.05, 3.63) is 28.2 Å². The molecule has 6 heteroatoms. The molecule has 2 rings (SSSR count). The zero-order valence-electron chi connectivity index (χ0n) is 8.79. The van der Waals surface area contributed by atoms with Gasteiger partial charge in [0.25, 0.3) is 0 Å². The number of rotatable bonds is 2. The summed E-state index contributed by atoms with van der Waals surface area (Å²) >= 11 is 6.96. The molecule has 0 aromatic heterocycles. The highest BCUT2D eigenvalue weighted by atomic mass is 79.9. The fourth-order valence-electron chi connectivity index (χ4n) is 1.86. The second-order valence-corrected chi connectivity index (χ2v) is 5.11. The molecule has 0 aliphatic carbocycles. The molecule has 1 saturated heterocycles. The zero-order chi connectivity index (χ0) is 12.6. The third-order valence-corrected chi connectivity index (χ3v) is 4.01. The SMILES string of the molecule is O=C1CC(CS)CN1c1ccc(F)c(Br)c1F. The van der Waals surface area contributed by atoms with E-state index in [0.29, 0.717) is 18.7 Å². The molecule has 1 amide bonds. The largest absolute Gasteiger partial charge is 0.309 e. The Morgan fingerprint density at radius 2 is 2.18 bits per heavy atom. The second kappa shape index (κ2) is 4.94. The lowest BCUT2D eigenvalue weighted by Crippen LogP contribution is -2.25. The Balaban J connectivity index is 2.35. The molecule has 0 bridgehead atoms. The number of carbonyl (C=O) groups excluding carboxylic acids is 1. The van der Waals surface area contributed by atoms with E-state index >= 15 is 0 Å². The summed E-state index contributed by atoms with van der Waals surface area (Å²) in [5.74, 6) is -0.871. The van der Waals surface area contributed by atoms with Gasteiger partial charge in [0.05, 0.1) is 10.2 Å². The molecule has 2 nitrogen and oxygen atoms in total. The molecule has 1 aliphatic heterocycles. The van der Waals surface area contributed by atoms with Gasteiger partial charge in [0.1, 0.15) is 5.82 Å². The summed E-state index contributed by atoms with van der Waals surface area (Å²) in [7, 11) is 0. The maximum absolute atomic E-state index is 13.8. The van der Waals surface area contributed by atoms with Crippen molar-refractivity contribution in [2.24, 2.45) is 5.92 Å². The molecular formula is C11H10BrF2NOS. The molecule has 1 aromatic rings. The van der Waals surface area contributed by atoms with E-state index in [1.165, 1.54) is 11.0 Å². The number of amides is 1. The van der Waals surface area contributed by atoms with E-state index in [4.69, 9.17) is 0 Å². The zero-order valence-corrected chi connectivity index (χ0v) is 11.3. The van der Waals surface area contributed by atoms with Crippen molar-refractivity contribution >= 4 is 40.2 Å². The number of benzene rings is 1. The van der Waals surface area contributed by atoms with Crippen LogP contribution < -0.4 is 4.90 Å². The smallest absolute Gasteiger partial charge is 0.227 e.